The Labute approximate surface area is 150 Å². The number of rotatable bonds is 6. The normalized spacial score (nSPS) is 13.6. The molecule has 0 unspecified atom stereocenters. The summed E-state index contributed by atoms with van der Waals surface area (Å²) < 4.78 is 123. The second-order valence-corrected chi connectivity index (χ2v) is 8.83. The number of hydrogen-bond acceptors (Lipinski definition) is 5. The SMILES string of the molecule is CCOc1cccc(/C=C/C=C(S(=O)(=O)C(F)(F)F)S(=O)(=O)C(F)(F)F)c1. The van der Waals surface area contributed by atoms with E-state index in [4.69, 9.17) is 4.74 Å². The van der Waals surface area contributed by atoms with Crippen molar-refractivity contribution in [3.63, 3.8) is 0 Å². The molecule has 27 heavy (non-hydrogen) atoms. The van der Waals surface area contributed by atoms with E-state index in [1.54, 1.807) is 6.92 Å². The third-order valence-electron chi connectivity index (χ3n) is 2.83. The van der Waals surface area contributed by atoms with Crippen LogP contribution >= 0.6 is 0 Å². The predicted molar refractivity (Wildman–Crippen MR) is 84.7 cm³/mol. The molecule has 0 aliphatic heterocycles. The molecule has 0 bridgehead atoms. The summed E-state index contributed by atoms with van der Waals surface area (Å²) in [5, 5.41) is 0. The molecule has 1 aromatic rings. The van der Waals surface area contributed by atoms with Gasteiger partial charge in [0.1, 0.15) is 5.75 Å². The fourth-order valence-electron chi connectivity index (χ4n) is 1.66. The minimum Gasteiger partial charge on any atom is -0.494 e. The molecule has 0 spiro atoms. The summed E-state index contributed by atoms with van der Waals surface area (Å²) in [4.78, 5) is 0. The number of halogens is 6. The van der Waals surface area contributed by atoms with Gasteiger partial charge < -0.3 is 4.74 Å². The van der Waals surface area contributed by atoms with Gasteiger partial charge in [0.2, 0.25) is 0 Å². The lowest BCUT2D eigenvalue weighted by molar-refractivity contribution is -0.0444. The predicted octanol–water partition coefficient (Wildman–Crippen LogP) is 3.81. The Hall–Kier alpha value is -2.02. The molecule has 0 aromatic heterocycles. The molecule has 0 aliphatic carbocycles. The van der Waals surface area contributed by atoms with Crippen LogP contribution in [-0.2, 0) is 19.7 Å². The van der Waals surface area contributed by atoms with Crippen LogP contribution in [0, 0.1) is 0 Å². The summed E-state index contributed by atoms with van der Waals surface area (Å²) >= 11 is 0. The van der Waals surface area contributed by atoms with Crippen LogP contribution in [0.25, 0.3) is 6.08 Å². The van der Waals surface area contributed by atoms with Crippen molar-refractivity contribution >= 4 is 25.8 Å². The number of ether oxygens (including phenoxy) is 1. The van der Waals surface area contributed by atoms with Gasteiger partial charge in [0.25, 0.3) is 19.7 Å². The van der Waals surface area contributed by atoms with Gasteiger partial charge in [-0.1, -0.05) is 24.3 Å². The molecule has 0 radical (unpaired) electrons. The molecule has 1 rings (SSSR count). The topological polar surface area (TPSA) is 77.5 Å². The van der Waals surface area contributed by atoms with Crippen LogP contribution < -0.4 is 4.74 Å². The highest BCUT2D eigenvalue weighted by atomic mass is 32.3. The Morgan fingerprint density at radius 3 is 1.96 bits per heavy atom. The van der Waals surface area contributed by atoms with Gasteiger partial charge in [-0.3, -0.25) is 0 Å². The van der Waals surface area contributed by atoms with Gasteiger partial charge in [-0.05, 0) is 30.7 Å². The largest absolute Gasteiger partial charge is 0.502 e. The first-order valence-corrected chi connectivity index (χ1v) is 9.85. The van der Waals surface area contributed by atoms with Crippen LogP contribution in [0.4, 0.5) is 26.3 Å². The minimum atomic E-state index is -6.77. The number of allylic oxidation sites excluding steroid dienone is 2. The smallest absolute Gasteiger partial charge is 0.494 e. The summed E-state index contributed by atoms with van der Waals surface area (Å²) in [5.41, 5.74) is -12.3. The van der Waals surface area contributed by atoms with Gasteiger partial charge in [-0.25, -0.2) is 16.8 Å². The average Bonchev–Trinajstić information content (AvgIpc) is 2.49. The summed E-state index contributed by atoms with van der Waals surface area (Å²) in [6, 6.07) is 5.70. The van der Waals surface area contributed by atoms with E-state index in [9.17, 15) is 43.2 Å². The maximum Gasteiger partial charge on any atom is 0.502 e. The standard InChI is InChI=1S/C14H12F6O5S2/c1-2-25-11-7-3-5-10(9-11)6-4-8-12(26(21,22)13(15,16)17)27(23,24)14(18,19)20/h3-9H,2H2,1H3/b6-4+. The Morgan fingerprint density at radius 1 is 1.00 bits per heavy atom. The van der Waals surface area contributed by atoms with E-state index in [2.05, 4.69) is 0 Å². The van der Waals surface area contributed by atoms with Crippen molar-refractivity contribution in [2.45, 2.75) is 17.9 Å². The van der Waals surface area contributed by atoms with Crippen molar-refractivity contribution in [1.29, 1.82) is 0 Å². The zero-order valence-electron chi connectivity index (χ0n) is 13.4. The molecule has 0 saturated carbocycles. The average molecular weight is 438 g/mol. The molecule has 5 nitrogen and oxygen atoms in total. The number of hydrogen-bond donors (Lipinski definition) is 0. The molecular weight excluding hydrogens is 426 g/mol. The number of benzene rings is 1. The van der Waals surface area contributed by atoms with Crippen LogP contribution in [0.1, 0.15) is 12.5 Å². The van der Waals surface area contributed by atoms with Crippen molar-refractivity contribution in [2.75, 3.05) is 6.61 Å². The minimum absolute atomic E-state index is 0.213. The first kappa shape index (κ1) is 23.0. The fraction of sp³-hybridized carbons (Fsp3) is 0.286. The number of sulfone groups is 2. The quantitative estimate of drug-likeness (QED) is 0.499. The Bertz CT molecular complexity index is 895. The molecule has 0 fully saturated rings. The van der Waals surface area contributed by atoms with Crippen molar-refractivity contribution in [3.05, 3.63) is 46.2 Å². The Kier molecular flexibility index (Phi) is 6.75. The van der Waals surface area contributed by atoms with E-state index in [-0.39, 0.29) is 18.2 Å². The van der Waals surface area contributed by atoms with Crippen molar-refractivity contribution < 1.29 is 47.9 Å². The van der Waals surface area contributed by atoms with E-state index in [0.29, 0.717) is 11.8 Å². The molecule has 0 aliphatic rings. The second-order valence-electron chi connectivity index (χ2n) is 4.75. The lowest BCUT2D eigenvalue weighted by atomic mass is 10.2. The molecule has 0 N–H and O–H groups in total. The molecule has 13 heteroatoms. The summed E-state index contributed by atoms with van der Waals surface area (Å²) in [7, 11) is -13.5. The Morgan fingerprint density at radius 2 is 1.52 bits per heavy atom. The third-order valence-corrected chi connectivity index (χ3v) is 6.70. The number of alkyl halides is 6. The molecule has 1 aromatic carbocycles. The van der Waals surface area contributed by atoms with E-state index in [1.165, 1.54) is 24.3 Å². The fourth-order valence-corrected chi connectivity index (χ4v) is 4.36. The second kappa shape index (κ2) is 7.92. The van der Waals surface area contributed by atoms with Gasteiger partial charge >= 0.3 is 11.0 Å². The Balaban J connectivity index is 3.48. The third kappa shape index (κ3) is 5.25. The summed E-state index contributed by atoms with van der Waals surface area (Å²) in [6.07, 6.45) is 1.10. The van der Waals surface area contributed by atoms with E-state index in [1.807, 2.05) is 0 Å². The van der Waals surface area contributed by atoms with Crippen LogP contribution in [0.15, 0.2) is 40.7 Å². The summed E-state index contributed by atoms with van der Waals surface area (Å²) in [5.74, 6) is 0.328. The van der Waals surface area contributed by atoms with Crippen LogP contribution in [-0.4, -0.2) is 34.5 Å². The van der Waals surface area contributed by atoms with Gasteiger partial charge in [0.15, 0.2) is 4.24 Å². The first-order valence-electron chi connectivity index (χ1n) is 6.88. The first-order chi connectivity index (χ1) is 12.1. The van der Waals surface area contributed by atoms with Gasteiger partial charge in [-0.15, -0.1) is 0 Å². The van der Waals surface area contributed by atoms with Crippen LogP contribution in [0.2, 0.25) is 0 Å². The highest BCUT2D eigenvalue weighted by molar-refractivity contribution is 8.15. The van der Waals surface area contributed by atoms with E-state index in [0.717, 1.165) is 6.08 Å². The highest BCUT2D eigenvalue weighted by Crippen LogP contribution is 2.38. The van der Waals surface area contributed by atoms with Gasteiger partial charge in [0.05, 0.1) is 6.61 Å². The molecular formula is C14H12F6O5S2. The van der Waals surface area contributed by atoms with Crippen molar-refractivity contribution in [3.8, 4) is 5.75 Å². The maximum absolute atomic E-state index is 12.6. The molecule has 0 amide bonds. The highest BCUT2D eigenvalue weighted by Gasteiger charge is 2.59. The monoisotopic (exact) mass is 438 g/mol. The zero-order valence-corrected chi connectivity index (χ0v) is 15.0. The molecule has 0 saturated heterocycles. The lowest BCUT2D eigenvalue weighted by Gasteiger charge is -2.13. The van der Waals surface area contributed by atoms with Crippen molar-refractivity contribution in [2.24, 2.45) is 0 Å². The molecule has 0 atom stereocenters. The summed E-state index contributed by atoms with van der Waals surface area (Å²) in [6.45, 7) is 1.95. The van der Waals surface area contributed by atoms with E-state index >= 15 is 0 Å². The van der Waals surface area contributed by atoms with Gasteiger partial charge in [0, 0.05) is 0 Å². The maximum atomic E-state index is 12.6. The van der Waals surface area contributed by atoms with Crippen molar-refractivity contribution in [1.82, 2.24) is 0 Å². The van der Waals surface area contributed by atoms with Crippen LogP contribution in [0.3, 0.4) is 0 Å². The zero-order chi connectivity index (χ0) is 21.1. The molecule has 0 heterocycles. The van der Waals surface area contributed by atoms with E-state index < -0.39 is 34.9 Å². The lowest BCUT2D eigenvalue weighted by Crippen LogP contribution is -2.34. The van der Waals surface area contributed by atoms with Crippen LogP contribution in [0.5, 0.6) is 5.75 Å². The van der Waals surface area contributed by atoms with Gasteiger partial charge in [-0.2, -0.15) is 26.3 Å². The molecule has 152 valence electrons.